The fourth-order valence-electron chi connectivity index (χ4n) is 2.15. The maximum absolute atomic E-state index is 12.7. The molecule has 1 saturated heterocycles. The standard InChI is InChI=1S/C13H16F3N3O2/c14-13(15,16)8-3-4-11(19-17)10(6-8)12(20)18-9-2-1-5-21-7-9/h3-4,6,9,19H,1-2,5,7,17H2,(H,18,20). The predicted octanol–water partition coefficient (Wildman–Crippen LogP) is 1.90. The summed E-state index contributed by atoms with van der Waals surface area (Å²) in [4.78, 5) is 12.1. The van der Waals surface area contributed by atoms with E-state index in [1.165, 1.54) is 0 Å². The second kappa shape index (κ2) is 6.31. The number of hydrazine groups is 1. The SMILES string of the molecule is NNc1ccc(C(F)(F)F)cc1C(=O)NC1CCCOC1. The van der Waals surface area contributed by atoms with Gasteiger partial charge in [-0.3, -0.25) is 10.6 Å². The van der Waals surface area contributed by atoms with E-state index < -0.39 is 17.6 Å². The van der Waals surface area contributed by atoms with Crippen LogP contribution in [0, 0.1) is 0 Å². The molecule has 0 bridgehead atoms. The van der Waals surface area contributed by atoms with Crippen LogP contribution < -0.4 is 16.6 Å². The highest BCUT2D eigenvalue weighted by Gasteiger charge is 2.32. The fourth-order valence-corrected chi connectivity index (χ4v) is 2.15. The van der Waals surface area contributed by atoms with E-state index in [1.54, 1.807) is 0 Å². The van der Waals surface area contributed by atoms with Crippen LogP contribution in [0.25, 0.3) is 0 Å². The molecule has 1 aromatic rings. The number of carbonyl (C=O) groups is 1. The lowest BCUT2D eigenvalue weighted by Gasteiger charge is -2.23. The molecule has 1 unspecified atom stereocenters. The molecule has 1 amide bonds. The normalized spacial score (nSPS) is 19.1. The largest absolute Gasteiger partial charge is 0.416 e. The monoisotopic (exact) mass is 303 g/mol. The Balaban J connectivity index is 2.21. The van der Waals surface area contributed by atoms with E-state index in [2.05, 4.69) is 10.7 Å². The van der Waals surface area contributed by atoms with Gasteiger partial charge >= 0.3 is 6.18 Å². The van der Waals surface area contributed by atoms with Crippen molar-refractivity contribution < 1.29 is 22.7 Å². The second-order valence-electron chi connectivity index (χ2n) is 4.79. The first-order chi connectivity index (χ1) is 9.91. The summed E-state index contributed by atoms with van der Waals surface area (Å²) in [7, 11) is 0. The number of hydrogen-bond donors (Lipinski definition) is 3. The van der Waals surface area contributed by atoms with Gasteiger partial charge in [-0.25, -0.2) is 0 Å². The molecule has 1 atom stereocenters. The Morgan fingerprint density at radius 1 is 1.38 bits per heavy atom. The Morgan fingerprint density at radius 2 is 2.14 bits per heavy atom. The molecule has 4 N–H and O–H groups in total. The zero-order valence-corrected chi connectivity index (χ0v) is 11.2. The zero-order valence-electron chi connectivity index (χ0n) is 11.2. The van der Waals surface area contributed by atoms with Crippen molar-refractivity contribution in [2.24, 2.45) is 5.84 Å². The molecule has 1 aromatic carbocycles. The number of amides is 1. The lowest BCUT2D eigenvalue weighted by molar-refractivity contribution is -0.137. The molecule has 8 heteroatoms. The van der Waals surface area contributed by atoms with Crippen molar-refractivity contribution >= 4 is 11.6 Å². The van der Waals surface area contributed by atoms with Gasteiger partial charge in [-0.1, -0.05) is 0 Å². The molecule has 0 aromatic heterocycles. The smallest absolute Gasteiger partial charge is 0.379 e. The quantitative estimate of drug-likeness (QED) is 0.589. The third kappa shape index (κ3) is 3.85. The average molecular weight is 303 g/mol. The summed E-state index contributed by atoms with van der Waals surface area (Å²) in [6.45, 7) is 0.988. The summed E-state index contributed by atoms with van der Waals surface area (Å²) in [6.07, 6.45) is -2.98. The number of halogens is 3. The van der Waals surface area contributed by atoms with E-state index in [0.29, 0.717) is 13.2 Å². The molecule has 0 radical (unpaired) electrons. The van der Waals surface area contributed by atoms with Crippen LogP contribution in [0.3, 0.4) is 0 Å². The molecular weight excluding hydrogens is 287 g/mol. The molecule has 1 aliphatic rings. The van der Waals surface area contributed by atoms with Crippen LogP contribution in [0.2, 0.25) is 0 Å². The molecule has 0 saturated carbocycles. The number of ether oxygens (including phenoxy) is 1. The van der Waals surface area contributed by atoms with Gasteiger partial charge in [0.15, 0.2) is 0 Å². The van der Waals surface area contributed by atoms with Crippen LogP contribution in [0.15, 0.2) is 18.2 Å². The van der Waals surface area contributed by atoms with Crippen LogP contribution in [0.4, 0.5) is 18.9 Å². The fraction of sp³-hybridized carbons (Fsp3) is 0.462. The van der Waals surface area contributed by atoms with E-state index in [0.717, 1.165) is 31.0 Å². The van der Waals surface area contributed by atoms with Crippen LogP contribution in [0.5, 0.6) is 0 Å². The van der Waals surface area contributed by atoms with E-state index in [1.807, 2.05) is 0 Å². The van der Waals surface area contributed by atoms with Gasteiger partial charge in [0, 0.05) is 6.61 Å². The predicted molar refractivity (Wildman–Crippen MR) is 70.6 cm³/mol. The number of nitrogens with one attached hydrogen (secondary N) is 2. The van der Waals surface area contributed by atoms with E-state index in [4.69, 9.17) is 10.6 Å². The summed E-state index contributed by atoms with van der Waals surface area (Å²) in [5, 5.41) is 2.66. The van der Waals surface area contributed by atoms with E-state index in [-0.39, 0.29) is 17.3 Å². The minimum absolute atomic E-state index is 0.136. The first-order valence-corrected chi connectivity index (χ1v) is 6.48. The minimum Gasteiger partial charge on any atom is -0.379 e. The average Bonchev–Trinajstić information content (AvgIpc) is 2.46. The van der Waals surface area contributed by atoms with Crippen molar-refractivity contribution in [1.29, 1.82) is 0 Å². The topological polar surface area (TPSA) is 76.4 Å². The molecule has 116 valence electrons. The van der Waals surface area contributed by atoms with E-state index in [9.17, 15) is 18.0 Å². The van der Waals surface area contributed by atoms with Crippen molar-refractivity contribution in [1.82, 2.24) is 5.32 Å². The lowest BCUT2D eigenvalue weighted by atomic mass is 10.1. The third-order valence-electron chi connectivity index (χ3n) is 3.24. The number of anilines is 1. The van der Waals surface area contributed by atoms with Crippen molar-refractivity contribution in [2.75, 3.05) is 18.6 Å². The summed E-state index contributed by atoms with van der Waals surface area (Å²) in [5.74, 6) is 4.64. The molecule has 1 heterocycles. The van der Waals surface area contributed by atoms with Crippen LogP contribution in [0.1, 0.15) is 28.8 Å². The summed E-state index contributed by atoms with van der Waals surface area (Å²) < 4.78 is 43.4. The molecule has 21 heavy (non-hydrogen) atoms. The van der Waals surface area contributed by atoms with Crippen molar-refractivity contribution in [3.8, 4) is 0 Å². The third-order valence-corrected chi connectivity index (χ3v) is 3.24. The van der Waals surface area contributed by atoms with Gasteiger partial charge in [0.25, 0.3) is 5.91 Å². The van der Waals surface area contributed by atoms with Gasteiger partial charge < -0.3 is 15.5 Å². The van der Waals surface area contributed by atoms with Crippen molar-refractivity contribution in [2.45, 2.75) is 25.1 Å². The summed E-state index contributed by atoms with van der Waals surface area (Å²) in [5.41, 5.74) is 1.33. The number of nitrogens with two attached hydrogens (primary N) is 1. The van der Waals surface area contributed by atoms with Crippen molar-refractivity contribution in [3.05, 3.63) is 29.3 Å². The van der Waals surface area contributed by atoms with Gasteiger partial charge in [-0.15, -0.1) is 0 Å². The first-order valence-electron chi connectivity index (χ1n) is 6.48. The Morgan fingerprint density at radius 3 is 2.71 bits per heavy atom. The van der Waals surface area contributed by atoms with E-state index >= 15 is 0 Å². The maximum Gasteiger partial charge on any atom is 0.416 e. The van der Waals surface area contributed by atoms with Crippen LogP contribution in [-0.2, 0) is 10.9 Å². The Bertz CT molecular complexity index is 514. The van der Waals surface area contributed by atoms with Gasteiger partial charge in [0.05, 0.1) is 29.5 Å². The molecule has 1 aliphatic heterocycles. The highest BCUT2D eigenvalue weighted by molar-refractivity contribution is 6.00. The number of alkyl halides is 3. The molecule has 0 aliphatic carbocycles. The molecule has 5 nitrogen and oxygen atoms in total. The van der Waals surface area contributed by atoms with Gasteiger partial charge in [-0.05, 0) is 31.0 Å². The number of hydrogen-bond acceptors (Lipinski definition) is 4. The first kappa shape index (κ1) is 15.6. The minimum atomic E-state index is -4.52. The molecule has 0 spiro atoms. The molecular formula is C13H16F3N3O2. The second-order valence-corrected chi connectivity index (χ2v) is 4.79. The van der Waals surface area contributed by atoms with Crippen LogP contribution >= 0.6 is 0 Å². The highest BCUT2D eigenvalue weighted by atomic mass is 19.4. The lowest BCUT2D eigenvalue weighted by Crippen LogP contribution is -2.41. The number of carbonyl (C=O) groups excluding carboxylic acids is 1. The van der Waals surface area contributed by atoms with Crippen molar-refractivity contribution in [3.63, 3.8) is 0 Å². The van der Waals surface area contributed by atoms with Gasteiger partial charge in [-0.2, -0.15) is 13.2 Å². The number of nitrogen functional groups attached to an aromatic ring is 1. The van der Waals surface area contributed by atoms with Gasteiger partial charge in [0.2, 0.25) is 0 Å². The molecule has 1 fully saturated rings. The maximum atomic E-state index is 12.7. The summed E-state index contributed by atoms with van der Waals surface area (Å²) in [6, 6.07) is 2.59. The Labute approximate surface area is 119 Å². The Hall–Kier alpha value is -1.80. The Kier molecular flexibility index (Phi) is 4.69. The van der Waals surface area contributed by atoms with Gasteiger partial charge in [0.1, 0.15) is 0 Å². The highest BCUT2D eigenvalue weighted by Crippen LogP contribution is 2.31. The molecule has 2 rings (SSSR count). The number of rotatable bonds is 3. The van der Waals surface area contributed by atoms with Crippen LogP contribution in [-0.4, -0.2) is 25.2 Å². The zero-order chi connectivity index (χ0) is 15.5. The number of benzene rings is 1. The summed E-state index contributed by atoms with van der Waals surface area (Å²) >= 11 is 0.